The van der Waals surface area contributed by atoms with Crippen molar-refractivity contribution in [3.05, 3.63) is 52.8 Å². The van der Waals surface area contributed by atoms with Crippen molar-refractivity contribution >= 4 is 17.5 Å². The SMILES string of the molecule is NC(=O)c1ncn(Cc2ccccc2F)c1Cl. The molecule has 1 amide bonds. The summed E-state index contributed by atoms with van der Waals surface area (Å²) in [7, 11) is 0. The molecule has 17 heavy (non-hydrogen) atoms. The molecule has 88 valence electrons. The second-order valence-corrected chi connectivity index (χ2v) is 3.83. The van der Waals surface area contributed by atoms with Gasteiger partial charge in [-0.25, -0.2) is 9.37 Å². The molecule has 2 aromatic rings. The Morgan fingerprint density at radius 3 is 2.76 bits per heavy atom. The highest BCUT2D eigenvalue weighted by molar-refractivity contribution is 6.32. The zero-order chi connectivity index (χ0) is 12.4. The van der Waals surface area contributed by atoms with Crippen molar-refractivity contribution < 1.29 is 9.18 Å². The number of primary amides is 1. The summed E-state index contributed by atoms with van der Waals surface area (Å²) in [6.45, 7) is 0.200. The van der Waals surface area contributed by atoms with Crippen LogP contribution < -0.4 is 5.73 Å². The fraction of sp³-hybridized carbons (Fsp3) is 0.0909. The zero-order valence-electron chi connectivity index (χ0n) is 8.73. The average molecular weight is 254 g/mol. The number of carbonyl (C=O) groups is 1. The van der Waals surface area contributed by atoms with E-state index in [4.69, 9.17) is 17.3 Å². The second kappa shape index (κ2) is 4.55. The van der Waals surface area contributed by atoms with Crippen molar-refractivity contribution in [2.45, 2.75) is 6.54 Å². The molecule has 0 spiro atoms. The van der Waals surface area contributed by atoms with Crippen LogP contribution in [0.1, 0.15) is 16.1 Å². The molecule has 0 aliphatic rings. The first-order chi connectivity index (χ1) is 8.09. The molecule has 2 rings (SSSR count). The summed E-state index contributed by atoms with van der Waals surface area (Å²) in [5.41, 5.74) is 5.53. The Kier molecular flexibility index (Phi) is 3.10. The van der Waals surface area contributed by atoms with E-state index in [2.05, 4.69) is 4.98 Å². The van der Waals surface area contributed by atoms with Gasteiger partial charge in [-0.3, -0.25) is 4.79 Å². The van der Waals surface area contributed by atoms with E-state index >= 15 is 0 Å². The molecule has 0 atom stereocenters. The van der Waals surface area contributed by atoms with Crippen molar-refractivity contribution in [2.75, 3.05) is 0 Å². The number of carbonyl (C=O) groups excluding carboxylic acids is 1. The summed E-state index contributed by atoms with van der Waals surface area (Å²) < 4.78 is 14.9. The summed E-state index contributed by atoms with van der Waals surface area (Å²) in [5, 5.41) is 0.112. The third-order valence-electron chi connectivity index (χ3n) is 2.31. The van der Waals surface area contributed by atoms with Crippen LogP contribution in [0.25, 0.3) is 0 Å². The number of benzene rings is 1. The highest BCUT2D eigenvalue weighted by Crippen LogP contribution is 2.17. The molecule has 6 heteroatoms. The van der Waals surface area contributed by atoms with Crippen molar-refractivity contribution in [1.82, 2.24) is 9.55 Å². The molecule has 1 aromatic carbocycles. The highest BCUT2D eigenvalue weighted by atomic mass is 35.5. The quantitative estimate of drug-likeness (QED) is 0.907. The first-order valence-corrected chi connectivity index (χ1v) is 5.21. The summed E-state index contributed by atoms with van der Waals surface area (Å²) in [6, 6.07) is 6.31. The van der Waals surface area contributed by atoms with Gasteiger partial charge in [0.25, 0.3) is 5.91 Å². The van der Waals surface area contributed by atoms with E-state index in [1.165, 1.54) is 17.0 Å². The minimum Gasteiger partial charge on any atom is -0.364 e. The minimum atomic E-state index is -0.706. The largest absolute Gasteiger partial charge is 0.364 e. The summed E-state index contributed by atoms with van der Waals surface area (Å²) in [4.78, 5) is 14.7. The Morgan fingerprint density at radius 2 is 2.18 bits per heavy atom. The fourth-order valence-electron chi connectivity index (χ4n) is 1.45. The Labute approximate surface area is 102 Å². The summed E-state index contributed by atoms with van der Waals surface area (Å²) in [5.74, 6) is -1.04. The van der Waals surface area contributed by atoms with Crippen LogP contribution in [0.15, 0.2) is 30.6 Å². The van der Waals surface area contributed by atoms with E-state index in [9.17, 15) is 9.18 Å². The lowest BCUT2D eigenvalue weighted by atomic mass is 10.2. The number of imidazole rings is 1. The van der Waals surface area contributed by atoms with Crippen molar-refractivity contribution in [3.63, 3.8) is 0 Å². The Morgan fingerprint density at radius 1 is 1.47 bits per heavy atom. The van der Waals surface area contributed by atoms with E-state index < -0.39 is 5.91 Å². The predicted molar refractivity (Wildman–Crippen MR) is 61.3 cm³/mol. The van der Waals surface area contributed by atoms with Crippen LogP contribution >= 0.6 is 11.6 Å². The number of amides is 1. The molecular weight excluding hydrogens is 245 g/mol. The van der Waals surface area contributed by atoms with Gasteiger partial charge >= 0.3 is 0 Å². The van der Waals surface area contributed by atoms with E-state index in [0.29, 0.717) is 5.56 Å². The molecule has 1 heterocycles. The van der Waals surface area contributed by atoms with E-state index in [0.717, 1.165) is 0 Å². The zero-order valence-corrected chi connectivity index (χ0v) is 9.49. The first kappa shape index (κ1) is 11.6. The lowest BCUT2D eigenvalue weighted by molar-refractivity contribution is 0.0996. The number of hydrogen-bond acceptors (Lipinski definition) is 2. The number of nitrogens with two attached hydrogens (primary N) is 1. The molecule has 0 aliphatic carbocycles. The molecule has 0 bridgehead atoms. The number of hydrogen-bond donors (Lipinski definition) is 1. The third-order valence-corrected chi connectivity index (χ3v) is 2.70. The smallest absolute Gasteiger partial charge is 0.270 e. The van der Waals surface area contributed by atoms with Gasteiger partial charge in [-0.05, 0) is 6.07 Å². The maximum atomic E-state index is 13.4. The third kappa shape index (κ3) is 2.29. The number of nitrogens with zero attached hydrogens (tertiary/aromatic N) is 2. The standard InChI is InChI=1S/C11H9ClFN3O/c12-10-9(11(14)17)15-6-16(10)5-7-3-1-2-4-8(7)13/h1-4,6H,5H2,(H2,14,17). The molecule has 0 fully saturated rings. The lowest BCUT2D eigenvalue weighted by Crippen LogP contribution is -2.12. The van der Waals surface area contributed by atoms with Gasteiger partial charge in [0.2, 0.25) is 0 Å². The minimum absolute atomic E-state index is 0.0111. The Balaban J connectivity index is 2.31. The van der Waals surface area contributed by atoms with Gasteiger partial charge in [-0.2, -0.15) is 0 Å². The molecule has 0 aliphatic heterocycles. The van der Waals surface area contributed by atoms with Crippen LogP contribution in [0, 0.1) is 5.82 Å². The predicted octanol–water partition coefficient (Wildman–Crippen LogP) is 1.82. The molecule has 0 saturated heterocycles. The molecule has 2 N–H and O–H groups in total. The fourth-order valence-corrected chi connectivity index (χ4v) is 1.70. The number of aromatic nitrogens is 2. The maximum absolute atomic E-state index is 13.4. The van der Waals surface area contributed by atoms with Gasteiger partial charge in [0.15, 0.2) is 5.69 Å². The van der Waals surface area contributed by atoms with Gasteiger partial charge in [0.1, 0.15) is 11.0 Å². The molecule has 4 nitrogen and oxygen atoms in total. The summed E-state index contributed by atoms with van der Waals surface area (Å²) in [6.07, 6.45) is 1.36. The second-order valence-electron chi connectivity index (χ2n) is 3.47. The van der Waals surface area contributed by atoms with Crippen LogP contribution in [0.2, 0.25) is 5.15 Å². The van der Waals surface area contributed by atoms with Crippen molar-refractivity contribution in [1.29, 1.82) is 0 Å². The van der Waals surface area contributed by atoms with Gasteiger partial charge in [-0.15, -0.1) is 0 Å². The van der Waals surface area contributed by atoms with E-state index in [1.807, 2.05) is 0 Å². The highest BCUT2D eigenvalue weighted by Gasteiger charge is 2.14. The molecule has 1 aromatic heterocycles. The Bertz CT molecular complexity index is 568. The van der Waals surface area contributed by atoms with Crippen LogP contribution in [0.4, 0.5) is 4.39 Å². The molecule has 0 saturated carbocycles. The average Bonchev–Trinajstić information content (AvgIpc) is 2.64. The number of rotatable bonds is 3. The molecule has 0 unspecified atom stereocenters. The number of halogens is 2. The lowest BCUT2D eigenvalue weighted by Gasteiger charge is -2.05. The molecule has 0 radical (unpaired) electrons. The van der Waals surface area contributed by atoms with Gasteiger partial charge < -0.3 is 10.3 Å². The van der Waals surface area contributed by atoms with Crippen LogP contribution in [-0.2, 0) is 6.54 Å². The van der Waals surface area contributed by atoms with Crippen LogP contribution in [-0.4, -0.2) is 15.5 Å². The molecular formula is C11H9ClFN3O. The maximum Gasteiger partial charge on any atom is 0.270 e. The summed E-state index contributed by atoms with van der Waals surface area (Å²) >= 11 is 5.90. The van der Waals surface area contributed by atoms with E-state index in [-0.39, 0.29) is 23.2 Å². The van der Waals surface area contributed by atoms with Crippen LogP contribution in [0.3, 0.4) is 0 Å². The van der Waals surface area contributed by atoms with E-state index in [1.54, 1.807) is 18.2 Å². The van der Waals surface area contributed by atoms with Crippen LogP contribution in [0.5, 0.6) is 0 Å². The van der Waals surface area contributed by atoms with Crippen molar-refractivity contribution in [2.24, 2.45) is 5.73 Å². The van der Waals surface area contributed by atoms with Gasteiger partial charge in [0.05, 0.1) is 12.9 Å². The normalized spacial score (nSPS) is 10.5. The first-order valence-electron chi connectivity index (χ1n) is 4.83. The topological polar surface area (TPSA) is 60.9 Å². The van der Waals surface area contributed by atoms with Gasteiger partial charge in [0, 0.05) is 5.56 Å². The monoisotopic (exact) mass is 253 g/mol. The van der Waals surface area contributed by atoms with Crippen molar-refractivity contribution in [3.8, 4) is 0 Å². The Hall–Kier alpha value is -1.88. The van der Waals surface area contributed by atoms with Gasteiger partial charge in [-0.1, -0.05) is 29.8 Å².